The number of fused-ring (bicyclic) bond motifs is 1. The summed E-state index contributed by atoms with van der Waals surface area (Å²) < 4.78 is 4.97. The SMILES string of the molecule is COCCCNc1ncnc2cc(C(=O)O)ccc12. The maximum atomic E-state index is 10.9. The summed E-state index contributed by atoms with van der Waals surface area (Å²) in [6, 6.07) is 4.81. The lowest BCUT2D eigenvalue weighted by molar-refractivity contribution is 0.0697. The molecular formula is C13H15N3O3. The molecule has 0 fully saturated rings. The molecule has 0 radical (unpaired) electrons. The fourth-order valence-corrected chi connectivity index (χ4v) is 1.75. The van der Waals surface area contributed by atoms with E-state index < -0.39 is 5.97 Å². The first-order chi connectivity index (χ1) is 9.22. The first-order valence-corrected chi connectivity index (χ1v) is 5.93. The van der Waals surface area contributed by atoms with Gasteiger partial charge in [-0.25, -0.2) is 14.8 Å². The minimum Gasteiger partial charge on any atom is -0.478 e. The third kappa shape index (κ3) is 3.17. The number of rotatable bonds is 6. The molecule has 0 amide bonds. The van der Waals surface area contributed by atoms with Crippen molar-refractivity contribution < 1.29 is 14.6 Å². The van der Waals surface area contributed by atoms with Gasteiger partial charge < -0.3 is 15.2 Å². The van der Waals surface area contributed by atoms with E-state index in [-0.39, 0.29) is 5.56 Å². The Morgan fingerprint density at radius 3 is 3.00 bits per heavy atom. The number of aromatic nitrogens is 2. The Morgan fingerprint density at radius 1 is 1.42 bits per heavy atom. The molecule has 6 nitrogen and oxygen atoms in total. The standard InChI is InChI=1S/C13H15N3O3/c1-19-6-2-5-14-12-10-4-3-9(13(17)18)7-11(10)15-8-16-12/h3-4,7-8H,2,5-6H2,1H3,(H,17,18)(H,14,15,16). The Kier molecular flexibility index (Phi) is 4.25. The molecule has 19 heavy (non-hydrogen) atoms. The first kappa shape index (κ1) is 13.2. The number of carboxylic acids is 1. The van der Waals surface area contributed by atoms with Gasteiger partial charge in [-0.3, -0.25) is 0 Å². The summed E-state index contributed by atoms with van der Waals surface area (Å²) >= 11 is 0. The van der Waals surface area contributed by atoms with E-state index in [9.17, 15) is 4.79 Å². The zero-order valence-corrected chi connectivity index (χ0v) is 10.6. The summed E-state index contributed by atoms with van der Waals surface area (Å²) in [6.45, 7) is 1.42. The van der Waals surface area contributed by atoms with Crippen LogP contribution in [0, 0.1) is 0 Å². The van der Waals surface area contributed by atoms with Crippen molar-refractivity contribution in [2.45, 2.75) is 6.42 Å². The lowest BCUT2D eigenvalue weighted by atomic mass is 10.1. The van der Waals surface area contributed by atoms with Crippen LogP contribution in [-0.4, -0.2) is 41.3 Å². The molecule has 0 aliphatic carbocycles. The summed E-state index contributed by atoms with van der Waals surface area (Å²) in [6.07, 6.45) is 2.29. The Balaban J connectivity index is 2.22. The first-order valence-electron chi connectivity index (χ1n) is 5.93. The van der Waals surface area contributed by atoms with Crippen molar-refractivity contribution in [1.29, 1.82) is 0 Å². The van der Waals surface area contributed by atoms with Gasteiger partial charge in [-0.2, -0.15) is 0 Å². The van der Waals surface area contributed by atoms with Crippen LogP contribution >= 0.6 is 0 Å². The second-order valence-electron chi connectivity index (χ2n) is 4.03. The monoisotopic (exact) mass is 261 g/mol. The number of methoxy groups -OCH3 is 1. The molecule has 1 aromatic carbocycles. The maximum Gasteiger partial charge on any atom is 0.335 e. The number of nitrogens with zero attached hydrogens (tertiary/aromatic N) is 2. The second kappa shape index (κ2) is 6.10. The summed E-state index contributed by atoms with van der Waals surface area (Å²) in [5, 5.41) is 12.9. The van der Waals surface area contributed by atoms with Gasteiger partial charge in [-0.1, -0.05) is 0 Å². The minimum atomic E-state index is -0.963. The van der Waals surface area contributed by atoms with Crippen LogP contribution in [0.2, 0.25) is 0 Å². The highest BCUT2D eigenvalue weighted by atomic mass is 16.5. The van der Waals surface area contributed by atoms with E-state index in [1.807, 2.05) is 0 Å². The molecule has 6 heteroatoms. The van der Waals surface area contributed by atoms with Crippen LogP contribution in [0.5, 0.6) is 0 Å². The molecule has 0 saturated heterocycles. The van der Waals surface area contributed by atoms with Crippen molar-refractivity contribution >= 4 is 22.7 Å². The lowest BCUT2D eigenvalue weighted by Gasteiger charge is -2.08. The van der Waals surface area contributed by atoms with Gasteiger partial charge in [0.15, 0.2) is 0 Å². The third-order valence-electron chi connectivity index (χ3n) is 2.70. The third-order valence-corrected chi connectivity index (χ3v) is 2.70. The van der Waals surface area contributed by atoms with Gasteiger partial charge in [0.25, 0.3) is 0 Å². The molecule has 1 aromatic heterocycles. The predicted octanol–water partition coefficient (Wildman–Crippen LogP) is 1.78. The molecule has 2 N–H and O–H groups in total. The molecule has 0 saturated carbocycles. The van der Waals surface area contributed by atoms with Crippen LogP contribution in [0.1, 0.15) is 16.8 Å². The van der Waals surface area contributed by atoms with E-state index in [1.54, 1.807) is 25.3 Å². The van der Waals surface area contributed by atoms with E-state index in [0.29, 0.717) is 17.9 Å². The fourth-order valence-electron chi connectivity index (χ4n) is 1.75. The molecule has 0 aliphatic rings. The Bertz CT molecular complexity index is 586. The number of nitrogens with one attached hydrogen (secondary N) is 1. The molecule has 0 aliphatic heterocycles. The summed E-state index contributed by atoms with van der Waals surface area (Å²) in [7, 11) is 1.66. The summed E-state index contributed by atoms with van der Waals surface area (Å²) in [5.74, 6) is -0.256. The maximum absolute atomic E-state index is 10.9. The number of hydrogen-bond donors (Lipinski definition) is 2. The van der Waals surface area contributed by atoms with Crippen molar-refractivity contribution in [3.05, 3.63) is 30.1 Å². The van der Waals surface area contributed by atoms with E-state index in [4.69, 9.17) is 9.84 Å². The Hall–Kier alpha value is -2.21. The molecule has 2 rings (SSSR count). The predicted molar refractivity (Wildman–Crippen MR) is 71.5 cm³/mol. The van der Waals surface area contributed by atoms with Crippen LogP contribution in [0.25, 0.3) is 10.9 Å². The van der Waals surface area contributed by atoms with Crippen LogP contribution < -0.4 is 5.32 Å². The van der Waals surface area contributed by atoms with E-state index in [1.165, 1.54) is 6.33 Å². The van der Waals surface area contributed by atoms with E-state index in [2.05, 4.69) is 15.3 Å². The van der Waals surface area contributed by atoms with Crippen molar-refractivity contribution in [3.63, 3.8) is 0 Å². The molecule has 100 valence electrons. The Morgan fingerprint density at radius 2 is 2.26 bits per heavy atom. The van der Waals surface area contributed by atoms with Gasteiger partial charge in [-0.15, -0.1) is 0 Å². The molecule has 0 spiro atoms. The quantitative estimate of drug-likeness (QED) is 0.771. The number of hydrogen-bond acceptors (Lipinski definition) is 5. The second-order valence-corrected chi connectivity index (χ2v) is 4.03. The van der Waals surface area contributed by atoms with Gasteiger partial charge in [-0.05, 0) is 24.6 Å². The highest BCUT2D eigenvalue weighted by molar-refractivity contribution is 5.96. The average Bonchev–Trinajstić information content (AvgIpc) is 2.43. The zero-order chi connectivity index (χ0) is 13.7. The van der Waals surface area contributed by atoms with Crippen molar-refractivity contribution in [2.75, 3.05) is 25.6 Å². The molecule has 0 atom stereocenters. The normalized spacial score (nSPS) is 10.6. The smallest absolute Gasteiger partial charge is 0.335 e. The summed E-state index contributed by atoms with van der Waals surface area (Å²) in [4.78, 5) is 19.2. The van der Waals surface area contributed by atoms with Gasteiger partial charge in [0, 0.05) is 25.6 Å². The number of ether oxygens (including phenoxy) is 1. The molecule has 0 bridgehead atoms. The number of aromatic carboxylic acids is 1. The number of carbonyl (C=O) groups is 1. The van der Waals surface area contributed by atoms with E-state index in [0.717, 1.165) is 18.4 Å². The minimum absolute atomic E-state index is 0.219. The Labute approximate surface area is 110 Å². The van der Waals surface area contributed by atoms with E-state index >= 15 is 0 Å². The molecule has 2 aromatic rings. The summed E-state index contributed by atoms with van der Waals surface area (Å²) in [5.41, 5.74) is 0.834. The highest BCUT2D eigenvalue weighted by Crippen LogP contribution is 2.20. The number of carboxylic acid groups (broad SMARTS) is 1. The largest absolute Gasteiger partial charge is 0.478 e. The number of anilines is 1. The van der Waals surface area contributed by atoms with Crippen molar-refractivity contribution in [2.24, 2.45) is 0 Å². The molecule has 0 unspecified atom stereocenters. The van der Waals surface area contributed by atoms with Crippen molar-refractivity contribution in [3.8, 4) is 0 Å². The van der Waals surface area contributed by atoms with Gasteiger partial charge in [0.05, 0.1) is 11.1 Å². The van der Waals surface area contributed by atoms with Crippen LogP contribution in [0.3, 0.4) is 0 Å². The average molecular weight is 261 g/mol. The topological polar surface area (TPSA) is 84.3 Å². The number of benzene rings is 1. The zero-order valence-electron chi connectivity index (χ0n) is 10.6. The lowest BCUT2D eigenvalue weighted by Crippen LogP contribution is -2.07. The van der Waals surface area contributed by atoms with Crippen LogP contribution in [-0.2, 0) is 4.74 Å². The molecule has 1 heterocycles. The van der Waals surface area contributed by atoms with Gasteiger partial charge in [0.1, 0.15) is 12.1 Å². The molecular weight excluding hydrogens is 246 g/mol. The van der Waals surface area contributed by atoms with Crippen LogP contribution in [0.15, 0.2) is 24.5 Å². The van der Waals surface area contributed by atoms with Crippen molar-refractivity contribution in [1.82, 2.24) is 9.97 Å². The highest BCUT2D eigenvalue weighted by Gasteiger charge is 2.07. The van der Waals surface area contributed by atoms with Gasteiger partial charge >= 0.3 is 5.97 Å². The fraction of sp³-hybridized carbons (Fsp3) is 0.308. The van der Waals surface area contributed by atoms with Gasteiger partial charge in [0.2, 0.25) is 0 Å². The van der Waals surface area contributed by atoms with Crippen LogP contribution in [0.4, 0.5) is 5.82 Å².